The molecule has 0 bridgehead atoms. The Bertz CT molecular complexity index is 1250. The van der Waals surface area contributed by atoms with Gasteiger partial charge in [0.05, 0.1) is 10.7 Å². The zero-order valence-electron chi connectivity index (χ0n) is 19.1. The van der Waals surface area contributed by atoms with Crippen molar-refractivity contribution in [2.75, 3.05) is 16.0 Å². The van der Waals surface area contributed by atoms with Crippen molar-refractivity contribution >= 4 is 40.6 Å². The number of hydrogen-bond acceptors (Lipinski definition) is 5. The molecule has 0 radical (unpaired) electrons. The average molecular weight is 476 g/mol. The molecule has 0 saturated carbocycles. The number of carbonyl (C=O) groups excluding carboxylic acids is 2. The Morgan fingerprint density at radius 2 is 1.76 bits per heavy atom. The fraction of sp³-hybridized carbons (Fsp3) is 0.231. The molecular formula is C26H25N3O4S. The van der Waals surface area contributed by atoms with Gasteiger partial charge >= 0.3 is 0 Å². The summed E-state index contributed by atoms with van der Waals surface area (Å²) in [4.78, 5) is 37.7. The molecule has 0 aromatic heterocycles. The van der Waals surface area contributed by atoms with Gasteiger partial charge in [-0.25, -0.2) is 0 Å². The fourth-order valence-corrected chi connectivity index (χ4v) is 4.97. The predicted octanol–water partition coefficient (Wildman–Crippen LogP) is 5.92. The van der Waals surface area contributed by atoms with E-state index in [1.165, 1.54) is 41.6 Å². The van der Waals surface area contributed by atoms with Crippen LogP contribution in [0.25, 0.3) is 0 Å². The first-order valence-corrected chi connectivity index (χ1v) is 11.9. The quantitative estimate of drug-likeness (QED) is 0.365. The van der Waals surface area contributed by atoms with Crippen molar-refractivity contribution in [2.24, 2.45) is 0 Å². The monoisotopic (exact) mass is 475 g/mol. The molecule has 0 aliphatic carbocycles. The highest BCUT2D eigenvalue weighted by Gasteiger charge is 2.34. The molecule has 1 saturated heterocycles. The molecule has 1 unspecified atom stereocenters. The van der Waals surface area contributed by atoms with Crippen molar-refractivity contribution in [3.05, 3.63) is 99.6 Å². The van der Waals surface area contributed by atoms with Gasteiger partial charge in [0.25, 0.3) is 11.6 Å². The molecule has 1 atom stereocenters. The lowest BCUT2D eigenvalue weighted by atomic mass is 9.87. The number of thioether (sulfide) groups is 1. The van der Waals surface area contributed by atoms with Crippen LogP contribution in [0.3, 0.4) is 0 Å². The van der Waals surface area contributed by atoms with Crippen molar-refractivity contribution in [3.63, 3.8) is 0 Å². The van der Waals surface area contributed by atoms with E-state index in [1.54, 1.807) is 11.0 Å². The summed E-state index contributed by atoms with van der Waals surface area (Å²) >= 11 is 1.53. The second-order valence-corrected chi connectivity index (χ2v) is 10.2. The average Bonchev–Trinajstić information content (AvgIpc) is 3.20. The Balaban J connectivity index is 1.56. The third kappa shape index (κ3) is 4.97. The number of nitrogens with zero attached hydrogens (tertiary/aromatic N) is 2. The summed E-state index contributed by atoms with van der Waals surface area (Å²) in [5, 5.41) is 13.6. The van der Waals surface area contributed by atoms with Crippen molar-refractivity contribution in [1.29, 1.82) is 0 Å². The van der Waals surface area contributed by atoms with E-state index in [4.69, 9.17) is 0 Å². The SMILES string of the molecule is CC(C)(C)c1ccc(N2C(=O)CSC2c2cccc(NC(=O)c3cccc([N+](=O)[O-])c3)c2)cc1. The van der Waals surface area contributed by atoms with Gasteiger partial charge in [-0.1, -0.05) is 51.1 Å². The molecule has 7 nitrogen and oxygen atoms in total. The van der Waals surface area contributed by atoms with Crippen LogP contribution in [0.15, 0.2) is 72.8 Å². The summed E-state index contributed by atoms with van der Waals surface area (Å²) < 4.78 is 0. The van der Waals surface area contributed by atoms with Crippen LogP contribution >= 0.6 is 11.8 Å². The van der Waals surface area contributed by atoms with Crippen LogP contribution in [0.1, 0.15) is 47.6 Å². The van der Waals surface area contributed by atoms with E-state index in [0.29, 0.717) is 11.4 Å². The number of non-ortho nitro benzene ring substituents is 1. The number of carbonyl (C=O) groups is 2. The minimum atomic E-state index is -0.533. The minimum Gasteiger partial charge on any atom is -0.322 e. The maximum absolute atomic E-state index is 12.8. The van der Waals surface area contributed by atoms with E-state index in [0.717, 1.165) is 11.3 Å². The summed E-state index contributed by atoms with van der Waals surface area (Å²) in [7, 11) is 0. The number of rotatable bonds is 5. The third-order valence-electron chi connectivity index (χ3n) is 5.63. The van der Waals surface area contributed by atoms with E-state index in [1.807, 2.05) is 30.3 Å². The number of nitro benzene ring substituents is 1. The molecule has 1 heterocycles. The van der Waals surface area contributed by atoms with E-state index in [-0.39, 0.29) is 27.9 Å². The summed E-state index contributed by atoms with van der Waals surface area (Å²) in [6.07, 6.45) is 0. The molecule has 1 fully saturated rings. The molecule has 0 spiro atoms. The Labute approximate surface area is 202 Å². The lowest BCUT2D eigenvalue weighted by Crippen LogP contribution is -2.28. The molecule has 1 aliphatic heterocycles. The minimum absolute atomic E-state index is 0.0213. The maximum Gasteiger partial charge on any atom is 0.270 e. The molecule has 3 aromatic rings. The molecule has 8 heteroatoms. The van der Waals surface area contributed by atoms with E-state index < -0.39 is 10.8 Å². The predicted molar refractivity (Wildman–Crippen MR) is 135 cm³/mol. The Kier molecular flexibility index (Phi) is 6.43. The smallest absolute Gasteiger partial charge is 0.270 e. The standard InChI is InChI=1S/C26H25N3O4S/c1-26(2,3)19-10-12-21(13-11-19)28-23(30)16-34-25(28)18-7-4-8-20(14-18)27-24(31)17-6-5-9-22(15-17)29(32)33/h4-15,25H,16H2,1-3H3,(H,27,31). The highest BCUT2D eigenvalue weighted by molar-refractivity contribution is 8.00. The Hall–Kier alpha value is -3.65. The second-order valence-electron chi connectivity index (χ2n) is 9.11. The summed E-state index contributed by atoms with van der Waals surface area (Å²) in [5.74, 6) is -0.0363. The van der Waals surface area contributed by atoms with Crippen LogP contribution < -0.4 is 10.2 Å². The van der Waals surface area contributed by atoms with Gasteiger partial charge in [-0.15, -0.1) is 11.8 Å². The van der Waals surface area contributed by atoms with Crippen molar-refractivity contribution in [2.45, 2.75) is 31.6 Å². The number of anilines is 2. The molecular weight excluding hydrogens is 450 g/mol. The number of nitrogens with one attached hydrogen (secondary N) is 1. The van der Waals surface area contributed by atoms with Crippen molar-refractivity contribution in [1.82, 2.24) is 0 Å². The molecule has 4 rings (SSSR count). The lowest BCUT2D eigenvalue weighted by Gasteiger charge is -2.26. The normalized spacial score (nSPS) is 15.9. The van der Waals surface area contributed by atoms with Crippen LogP contribution in [0.5, 0.6) is 0 Å². The highest BCUT2D eigenvalue weighted by Crippen LogP contribution is 2.42. The lowest BCUT2D eigenvalue weighted by molar-refractivity contribution is -0.384. The first-order chi connectivity index (χ1) is 16.1. The van der Waals surface area contributed by atoms with Gasteiger partial charge in [-0.2, -0.15) is 0 Å². The van der Waals surface area contributed by atoms with Gasteiger partial charge in [-0.05, 0) is 46.9 Å². The summed E-state index contributed by atoms with van der Waals surface area (Å²) in [5.41, 5.74) is 3.54. The van der Waals surface area contributed by atoms with Gasteiger partial charge in [0, 0.05) is 29.1 Å². The highest BCUT2D eigenvalue weighted by atomic mass is 32.2. The van der Waals surface area contributed by atoms with E-state index >= 15 is 0 Å². The largest absolute Gasteiger partial charge is 0.322 e. The number of benzene rings is 3. The van der Waals surface area contributed by atoms with Crippen LogP contribution in [0.2, 0.25) is 0 Å². The first kappa shape index (κ1) is 23.5. The fourth-order valence-electron chi connectivity index (χ4n) is 3.81. The summed E-state index contributed by atoms with van der Waals surface area (Å²) in [6, 6.07) is 21.0. The Morgan fingerprint density at radius 1 is 1.06 bits per heavy atom. The van der Waals surface area contributed by atoms with Gasteiger partial charge in [0.1, 0.15) is 5.37 Å². The Morgan fingerprint density at radius 3 is 2.44 bits per heavy atom. The van der Waals surface area contributed by atoms with Gasteiger partial charge in [-0.3, -0.25) is 24.6 Å². The first-order valence-electron chi connectivity index (χ1n) is 10.8. The van der Waals surface area contributed by atoms with Gasteiger partial charge < -0.3 is 5.32 Å². The van der Waals surface area contributed by atoms with Crippen molar-refractivity contribution < 1.29 is 14.5 Å². The van der Waals surface area contributed by atoms with Gasteiger partial charge in [0.2, 0.25) is 5.91 Å². The van der Waals surface area contributed by atoms with Crippen LogP contribution in [0, 0.1) is 10.1 Å². The topological polar surface area (TPSA) is 92.6 Å². The molecule has 34 heavy (non-hydrogen) atoms. The van der Waals surface area contributed by atoms with Gasteiger partial charge in [0.15, 0.2) is 0 Å². The molecule has 1 aliphatic rings. The van der Waals surface area contributed by atoms with Crippen LogP contribution in [-0.4, -0.2) is 22.5 Å². The van der Waals surface area contributed by atoms with E-state index in [2.05, 4.69) is 38.2 Å². The number of amides is 2. The molecule has 174 valence electrons. The van der Waals surface area contributed by atoms with Crippen LogP contribution in [0.4, 0.5) is 17.1 Å². The molecule has 1 N–H and O–H groups in total. The molecule has 2 amide bonds. The zero-order valence-corrected chi connectivity index (χ0v) is 20.0. The zero-order chi connectivity index (χ0) is 24.5. The number of hydrogen-bond donors (Lipinski definition) is 1. The third-order valence-corrected chi connectivity index (χ3v) is 6.84. The van der Waals surface area contributed by atoms with Crippen molar-refractivity contribution in [3.8, 4) is 0 Å². The summed E-state index contributed by atoms with van der Waals surface area (Å²) in [6.45, 7) is 6.44. The maximum atomic E-state index is 12.8. The molecule has 3 aromatic carbocycles. The second kappa shape index (κ2) is 9.30. The van der Waals surface area contributed by atoms with Crippen LogP contribution in [-0.2, 0) is 10.2 Å². The number of nitro groups is 1. The van der Waals surface area contributed by atoms with E-state index in [9.17, 15) is 19.7 Å².